The van der Waals surface area contributed by atoms with E-state index in [9.17, 15) is 4.79 Å². The fraction of sp³-hybridized carbons (Fsp3) is 0.143. The number of rotatable bonds is 8. The van der Waals surface area contributed by atoms with Gasteiger partial charge in [0.2, 0.25) is 5.91 Å². The summed E-state index contributed by atoms with van der Waals surface area (Å²) in [6, 6.07) is 16.5. The third-order valence-corrected chi connectivity index (χ3v) is 5.00. The topological polar surface area (TPSA) is 92.8 Å². The summed E-state index contributed by atoms with van der Waals surface area (Å²) in [5.74, 6) is 1.22. The zero-order valence-electron chi connectivity index (χ0n) is 15.8. The fourth-order valence-corrected chi connectivity index (χ4v) is 3.47. The molecule has 0 unspecified atom stereocenters. The van der Waals surface area contributed by atoms with E-state index in [1.54, 1.807) is 37.5 Å². The number of hydrogen-bond acceptors (Lipinski definition) is 6. The Morgan fingerprint density at radius 2 is 2.03 bits per heavy atom. The van der Waals surface area contributed by atoms with Gasteiger partial charge in [0.05, 0.1) is 29.7 Å². The third-order valence-electron chi connectivity index (χ3n) is 4.03. The lowest BCUT2D eigenvalue weighted by Crippen LogP contribution is -2.15. The molecule has 7 nitrogen and oxygen atoms in total. The number of hydrogen-bond donors (Lipinski definition) is 1. The molecule has 0 saturated heterocycles. The van der Waals surface area contributed by atoms with Crippen molar-refractivity contribution in [2.24, 2.45) is 0 Å². The molecule has 0 aliphatic carbocycles. The van der Waals surface area contributed by atoms with E-state index in [1.165, 1.54) is 11.8 Å². The Bertz CT molecular complexity index is 1070. The third kappa shape index (κ3) is 4.65. The van der Waals surface area contributed by atoms with Crippen molar-refractivity contribution in [2.45, 2.75) is 11.7 Å². The summed E-state index contributed by atoms with van der Waals surface area (Å²) >= 11 is 1.26. The first kappa shape index (κ1) is 20.2. The molecule has 3 aromatic rings. The van der Waals surface area contributed by atoms with Gasteiger partial charge in [-0.1, -0.05) is 42.1 Å². The van der Waals surface area contributed by atoms with E-state index < -0.39 is 0 Å². The Morgan fingerprint density at radius 1 is 1.28 bits per heavy atom. The number of thioether (sulfide) groups is 1. The number of allylic oxidation sites excluding steroid dienone is 1. The minimum absolute atomic E-state index is 0.126. The number of carbonyl (C=O) groups is 1. The van der Waals surface area contributed by atoms with Gasteiger partial charge in [0.1, 0.15) is 11.8 Å². The van der Waals surface area contributed by atoms with Crippen molar-refractivity contribution in [3.63, 3.8) is 0 Å². The molecule has 0 bridgehead atoms. The first-order valence-corrected chi connectivity index (χ1v) is 9.75. The van der Waals surface area contributed by atoms with Gasteiger partial charge in [0, 0.05) is 6.54 Å². The number of aromatic nitrogens is 3. The van der Waals surface area contributed by atoms with Gasteiger partial charge >= 0.3 is 0 Å². The second-order valence-electron chi connectivity index (χ2n) is 5.90. The number of nitrogens with zero attached hydrogens (tertiary/aromatic N) is 4. The van der Waals surface area contributed by atoms with E-state index >= 15 is 0 Å². The normalized spacial score (nSPS) is 10.2. The van der Waals surface area contributed by atoms with Crippen LogP contribution in [0.25, 0.3) is 11.4 Å². The van der Waals surface area contributed by atoms with Crippen LogP contribution in [0.4, 0.5) is 5.69 Å². The van der Waals surface area contributed by atoms with Gasteiger partial charge in [-0.15, -0.1) is 16.8 Å². The number of methoxy groups -OCH3 is 1. The second-order valence-corrected chi connectivity index (χ2v) is 6.84. The van der Waals surface area contributed by atoms with Crippen molar-refractivity contribution < 1.29 is 9.53 Å². The van der Waals surface area contributed by atoms with Crippen molar-refractivity contribution in [1.29, 1.82) is 5.26 Å². The molecule has 1 N–H and O–H groups in total. The number of ether oxygens (including phenoxy) is 1. The number of nitriles is 1. The van der Waals surface area contributed by atoms with E-state index in [0.717, 1.165) is 5.56 Å². The van der Waals surface area contributed by atoms with Crippen molar-refractivity contribution in [3.8, 4) is 23.2 Å². The van der Waals surface area contributed by atoms with Crippen LogP contribution in [0.2, 0.25) is 0 Å². The van der Waals surface area contributed by atoms with Crippen molar-refractivity contribution >= 4 is 23.4 Å². The SMILES string of the molecule is C=CCn1c(SCC(=O)Nc2ccccc2C#N)nnc1-c1ccccc1OC. The highest BCUT2D eigenvalue weighted by molar-refractivity contribution is 7.99. The van der Waals surface area contributed by atoms with Crippen LogP contribution in [0.3, 0.4) is 0 Å². The maximum absolute atomic E-state index is 12.4. The Balaban J connectivity index is 1.78. The standard InChI is InChI=1S/C21H19N5O2S/c1-3-12-26-20(16-9-5-7-11-18(16)28-2)24-25-21(26)29-14-19(27)23-17-10-6-4-8-15(17)13-22/h3-11H,1,12,14H2,2H3,(H,23,27). The molecule has 0 aliphatic heterocycles. The number of carbonyl (C=O) groups excluding carboxylic acids is 1. The van der Waals surface area contributed by atoms with Gasteiger partial charge in [-0.05, 0) is 24.3 Å². The van der Waals surface area contributed by atoms with Crippen LogP contribution in [0, 0.1) is 11.3 Å². The van der Waals surface area contributed by atoms with Crippen molar-refractivity contribution in [1.82, 2.24) is 14.8 Å². The largest absolute Gasteiger partial charge is 0.496 e. The van der Waals surface area contributed by atoms with Crippen molar-refractivity contribution in [2.75, 3.05) is 18.2 Å². The first-order chi connectivity index (χ1) is 14.2. The minimum Gasteiger partial charge on any atom is -0.496 e. The number of nitrogens with one attached hydrogen (secondary N) is 1. The lowest BCUT2D eigenvalue weighted by molar-refractivity contribution is -0.113. The predicted octanol–water partition coefficient (Wildman–Crippen LogP) is 3.74. The van der Waals surface area contributed by atoms with Crippen LogP contribution >= 0.6 is 11.8 Å². The molecule has 1 amide bonds. The van der Waals surface area contributed by atoms with Gasteiger partial charge in [-0.2, -0.15) is 5.26 Å². The quantitative estimate of drug-likeness (QED) is 0.453. The van der Waals surface area contributed by atoms with E-state index in [0.29, 0.717) is 34.5 Å². The number of anilines is 1. The van der Waals surface area contributed by atoms with Gasteiger partial charge in [-0.3, -0.25) is 9.36 Å². The Labute approximate surface area is 173 Å². The highest BCUT2D eigenvalue weighted by Gasteiger charge is 2.18. The second kappa shape index (κ2) is 9.57. The van der Waals surface area contributed by atoms with E-state index in [2.05, 4.69) is 28.2 Å². The minimum atomic E-state index is -0.232. The molecule has 0 aliphatic rings. The molecule has 146 valence electrons. The maximum Gasteiger partial charge on any atom is 0.234 e. The summed E-state index contributed by atoms with van der Waals surface area (Å²) < 4.78 is 7.31. The molecular formula is C21H19N5O2S. The molecule has 3 rings (SSSR count). The van der Waals surface area contributed by atoms with E-state index in [1.807, 2.05) is 28.8 Å². The average molecular weight is 405 g/mol. The summed E-state index contributed by atoms with van der Waals surface area (Å²) in [4.78, 5) is 12.4. The van der Waals surface area contributed by atoms with Crippen LogP contribution in [0.5, 0.6) is 5.75 Å². The highest BCUT2D eigenvalue weighted by atomic mass is 32.2. The van der Waals surface area contributed by atoms with E-state index in [4.69, 9.17) is 10.00 Å². The Kier molecular flexibility index (Phi) is 6.66. The zero-order valence-corrected chi connectivity index (χ0v) is 16.6. The van der Waals surface area contributed by atoms with Gasteiger partial charge in [-0.25, -0.2) is 0 Å². The summed E-state index contributed by atoms with van der Waals surface area (Å²) in [7, 11) is 1.60. The number of para-hydroxylation sites is 2. The molecule has 8 heteroatoms. The summed E-state index contributed by atoms with van der Waals surface area (Å²) in [6.45, 7) is 4.29. The monoisotopic (exact) mass is 405 g/mol. The summed E-state index contributed by atoms with van der Waals surface area (Å²) in [5, 5.41) is 21.0. The average Bonchev–Trinajstić information content (AvgIpc) is 3.15. The van der Waals surface area contributed by atoms with Crippen LogP contribution in [0.15, 0.2) is 66.3 Å². The fourth-order valence-electron chi connectivity index (χ4n) is 2.72. The van der Waals surface area contributed by atoms with Gasteiger partial charge < -0.3 is 10.1 Å². The molecule has 29 heavy (non-hydrogen) atoms. The van der Waals surface area contributed by atoms with Crippen molar-refractivity contribution in [3.05, 3.63) is 66.7 Å². The molecule has 0 spiro atoms. The summed E-state index contributed by atoms with van der Waals surface area (Å²) in [5.41, 5.74) is 1.71. The predicted molar refractivity (Wildman–Crippen MR) is 113 cm³/mol. The molecule has 1 aromatic heterocycles. The zero-order chi connectivity index (χ0) is 20.6. The molecule has 2 aromatic carbocycles. The molecule has 0 saturated carbocycles. The van der Waals surface area contributed by atoms with Crippen LogP contribution in [-0.2, 0) is 11.3 Å². The molecule has 0 atom stereocenters. The Hall–Kier alpha value is -3.57. The van der Waals surface area contributed by atoms with Gasteiger partial charge in [0.15, 0.2) is 11.0 Å². The summed E-state index contributed by atoms with van der Waals surface area (Å²) in [6.07, 6.45) is 1.75. The van der Waals surface area contributed by atoms with Crippen LogP contribution in [0.1, 0.15) is 5.56 Å². The Morgan fingerprint density at radius 3 is 2.79 bits per heavy atom. The molecule has 0 radical (unpaired) electrons. The van der Waals surface area contributed by atoms with Gasteiger partial charge in [0.25, 0.3) is 0 Å². The smallest absolute Gasteiger partial charge is 0.234 e. The molecule has 1 heterocycles. The lowest BCUT2D eigenvalue weighted by atomic mass is 10.2. The molecular weight excluding hydrogens is 386 g/mol. The van der Waals surface area contributed by atoms with Crippen LogP contribution in [-0.4, -0.2) is 33.5 Å². The number of amides is 1. The number of benzene rings is 2. The molecule has 0 fully saturated rings. The maximum atomic E-state index is 12.4. The highest BCUT2D eigenvalue weighted by Crippen LogP contribution is 2.31. The first-order valence-electron chi connectivity index (χ1n) is 8.77. The van der Waals surface area contributed by atoms with Crippen LogP contribution < -0.4 is 10.1 Å². The lowest BCUT2D eigenvalue weighted by Gasteiger charge is -2.11. The van der Waals surface area contributed by atoms with E-state index in [-0.39, 0.29) is 11.7 Å².